The van der Waals surface area contributed by atoms with Gasteiger partial charge in [0.05, 0.1) is 11.4 Å². The molecular weight excluding hydrogens is 472 g/mol. The number of hydrogen-bond donors (Lipinski definition) is 1. The van der Waals surface area contributed by atoms with E-state index in [-0.39, 0.29) is 16.8 Å². The monoisotopic (exact) mass is 490 g/mol. The molecule has 0 spiro atoms. The van der Waals surface area contributed by atoms with Crippen molar-refractivity contribution in [3.8, 4) is 0 Å². The van der Waals surface area contributed by atoms with E-state index >= 15 is 0 Å². The molecule has 1 aromatic heterocycles. The molecule has 1 saturated carbocycles. The molecule has 0 unspecified atom stereocenters. The van der Waals surface area contributed by atoms with E-state index in [1.807, 2.05) is 22.4 Å². The first kappa shape index (κ1) is 20.1. The van der Waals surface area contributed by atoms with E-state index in [1.165, 1.54) is 12.1 Å². The Morgan fingerprint density at radius 1 is 1.10 bits per heavy atom. The summed E-state index contributed by atoms with van der Waals surface area (Å²) in [4.78, 5) is 16.3. The van der Waals surface area contributed by atoms with Crippen molar-refractivity contribution in [2.75, 3.05) is 4.72 Å². The van der Waals surface area contributed by atoms with Crippen LogP contribution in [-0.2, 0) is 16.6 Å². The first-order chi connectivity index (χ1) is 13.9. The number of nitrogens with zero attached hydrogens (tertiary/aromatic N) is 1. The van der Waals surface area contributed by atoms with Crippen LogP contribution in [-0.4, -0.2) is 25.3 Å². The van der Waals surface area contributed by atoms with Crippen molar-refractivity contribution in [3.05, 3.63) is 81.0 Å². The van der Waals surface area contributed by atoms with Crippen molar-refractivity contribution in [1.29, 1.82) is 0 Å². The maximum absolute atomic E-state index is 13.1. The number of rotatable bonds is 7. The summed E-state index contributed by atoms with van der Waals surface area (Å²) in [5.74, 6) is -0.0782. The smallest absolute Gasteiger partial charge is 0.261 e. The van der Waals surface area contributed by atoms with Gasteiger partial charge in [-0.05, 0) is 66.8 Å². The van der Waals surface area contributed by atoms with E-state index in [2.05, 4.69) is 20.7 Å². The van der Waals surface area contributed by atoms with Crippen LogP contribution >= 0.6 is 27.3 Å². The highest BCUT2D eigenvalue weighted by Gasteiger charge is 2.33. The Bertz CT molecular complexity index is 1110. The molecule has 1 aliphatic carbocycles. The number of amides is 1. The third-order valence-corrected chi connectivity index (χ3v) is 7.43. The molecule has 1 fully saturated rings. The van der Waals surface area contributed by atoms with Crippen LogP contribution in [0.2, 0.25) is 0 Å². The molecule has 4 rings (SSSR count). The average Bonchev–Trinajstić information content (AvgIpc) is 3.41. The maximum Gasteiger partial charge on any atom is 0.261 e. The summed E-state index contributed by atoms with van der Waals surface area (Å²) in [6, 6.07) is 17.3. The second kappa shape index (κ2) is 8.30. The fourth-order valence-corrected chi connectivity index (χ4v) is 5.05. The first-order valence-corrected chi connectivity index (χ1v) is 12.3. The third-order valence-electron chi connectivity index (χ3n) is 4.64. The minimum Gasteiger partial charge on any atom is -0.331 e. The lowest BCUT2D eigenvalue weighted by Crippen LogP contribution is -2.32. The van der Waals surface area contributed by atoms with Gasteiger partial charge in [-0.25, -0.2) is 8.42 Å². The van der Waals surface area contributed by atoms with Crippen LogP contribution in [0.15, 0.2) is 75.4 Å². The Morgan fingerprint density at radius 3 is 2.52 bits per heavy atom. The van der Waals surface area contributed by atoms with E-state index in [0.29, 0.717) is 17.8 Å². The molecule has 29 heavy (non-hydrogen) atoms. The van der Waals surface area contributed by atoms with Crippen molar-refractivity contribution in [2.24, 2.45) is 0 Å². The minimum absolute atomic E-state index is 0.0782. The number of carbonyl (C=O) groups excluding carboxylic acids is 1. The number of sulfonamides is 1. The number of benzene rings is 2. The van der Waals surface area contributed by atoms with Crippen LogP contribution in [0.5, 0.6) is 0 Å². The highest BCUT2D eigenvalue weighted by atomic mass is 79.9. The fourth-order valence-electron chi connectivity index (χ4n) is 3.03. The number of carbonyl (C=O) groups is 1. The second-order valence-corrected chi connectivity index (χ2v) is 10.5. The lowest BCUT2D eigenvalue weighted by molar-refractivity contribution is 0.0731. The van der Waals surface area contributed by atoms with Gasteiger partial charge in [-0.3, -0.25) is 9.52 Å². The zero-order valence-electron chi connectivity index (χ0n) is 15.4. The van der Waals surface area contributed by atoms with Crippen LogP contribution in [0.1, 0.15) is 28.1 Å². The van der Waals surface area contributed by atoms with Crippen molar-refractivity contribution in [3.63, 3.8) is 0 Å². The van der Waals surface area contributed by atoms with Gasteiger partial charge in [0.15, 0.2) is 0 Å². The summed E-state index contributed by atoms with van der Waals surface area (Å²) in [6.07, 6.45) is 2.01. The maximum atomic E-state index is 13.1. The molecule has 0 atom stereocenters. The summed E-state index contributed by atoms with van der Waals surface area (Å²) >= 11 is 4.93. The summed E-state index contributed by atoms with van der Waals surface area (Å²) < 4.78 is 28.6. The van der Waals surface area contributed by atoms with Gasteiger partial charge in [-0.15, -0.1) is 11.3 Å². The largest absolute Gasteiger partial charge is 0.331 e. The SMILES string of the molecule is O=C(c1cccc(NS(=O)(=O)c2ccc(Br)cc2)c1)N(Cc1cccs1)C1CC1. The van der Waals surface area contributed by atoms with Gasteiger partial charge in [0.2, 0.25) is 0 Å². The van der Waals surface area contributed by atoms with Crippen molar-refractivity contribution in [2.45, 2.75) is 30.3 Å². The summed E-state index contributed by atoms with van der Waals surface area (Å²) in [6.45, 7) is 0.579. The molecule has 0 radical (unpaired) electrons. The minimum atomic E-state index is -3.73. The summed E-state index contributed by atoms with van der Waals surface area (Å²) in [5, 5.41) is 2.00. The lowest BCUT2D eigenvalue weighted by atomic mass is 10.1. The highest BCUT2D eigenvalue weighted by molar-refractivity contribution is 9.10. The van der Waals surface area contributed by atoms with Crippen LogP contribution < -0.4 is 4.72 Å². The van der Waals surface area contributed by atoms with E-state index in [0.717, 1.165) is 22.2 Å². The predicted octanol–water partition coefficient (Wildman–Crippen LogP) is 5.12. The number of hydrogen-bond acceptors (Lipinski definition) is 4. The Balaban J connectivity index is 1.54. The van der Waals surface area contributed by atoms with E-state index in [1.54, 1.807) is 47.7 Å². The molecular formula is C21H19BrN2O3S2. The molecule has 1 heterocycles. The highest BCUT2D eigenvalue weighted by Crippen LogP contribution is 2.31. The lowest BCUT2D eigenvalue weighted by Gasteiger charge is -2.22. The van der Waals surface area contributed by atoms with Crippen LogP contribution in [0, 0.1) is 0 Å². The van der Waals surface area contributed by atoms with Gasteiger partial charge in [0, 0.05) is 26.6 Å². The predicted molar refractivity (Wildman–Crippen MR) is 119 cm³/mol. The van der Waals surface area contributed by atoms with E-state index in [9.17, 15) is 13.2 Å². The van der Waals surface area contributed by atoms with Gasteiger partial charge < -0.3 is 4.90 Å². The van der Waals surface area contributed by atoms with Crippen LogP contribution in [0.4, 0.5) is 5.69 Å². The molecule has 0 aliphatic heterocycles. The van der Waals surface area contributed by atoms with Gasteiger partial charge in [-0.1, -0.05) is 28.1 Å². The van der Waals surface area contributed by atoms with Gasteiger partial charge in [0.1, 0.15) is 0 Å². The Morgan fingerprint density at radius 2 is 1.86 bits per heavy atom. The molecule has 1 aliphatic rings. The van der Waals surface area contributed by atoms with E-state index in [4.69, 9.17) is 0 Å². The molecule has 5 nitrogen and oxygen atoms in total. The number of halogens is 1. The van der Waals surface area contributed by atoms with Gasteiger partial charge in [0.25, 0.3) is 15.9 Å². The number of anilines is 1. The summed E-state index contributed by atoms with van der Waals surface area (Å²) in [7, 11) is -3.73. The van der Waals surface area contributed by atoms with E-state index < -0.39 is 10.0 Å². The molecule has 1 amide bonds. The van der Waals surface area contributed by atoms with Crippen molar-refractivity contribution in [1.82, 2.24) is 4.90 Å². The molecule has 1 N–H and O–H groups in total. The zero-order chi connectivity index (χ0) is 20.4. The van der Waals surface area contributed by atoms with Crippen molar-refractivity contribution < 1.29 is 13.2 Å². The fraction of sp³-hybridized carbons (Fsp3) is 0.190. The Kier molecular flexibility index (Phi) is 5.76. The van der Waals surface area contributed by atoms with Crippen LogP contribution in [0.25, 0.3) is 0 Å². The third kappa shape index (κ3) is 4.88. The average molecular weight is 491 g/mol. The summed E-state index contributed by atoms with van der Waals surface area (Å²) in [5.41, 5.74) is 0.843. The zero-order valence-corrected chi connectivity index (χ0v) is 18.6. The Hall–Kier alpha value is -2.16. The molecule has 8 heteroatoms. The topological polar surface area (TPSA) is 66.5 Å². The molecule has 2 aromatic carbocycles. The standard InChI is InChI=1S/C21H19BrN2O3S2/c22-16-6-10-20(11-7-16)29(26,27)23-17-4-1-3-15(13-17)21(25)24(18-8-9-18)14-19-5-2-12-28-19/h1-7,10-13,18,23H,8-9,14H2. The number of thiophene rings is 1. The molecule has 3 aromatic rings. The van der Waals surface area contributed by atoms with Gasteiger partial charge >= 0.3 is 0 Å². The number of nitrogens with one attached hydrogen (secondary N) is 1. The van der Waals surface area contributed by atoms with Crippen molar-refractivity contribution >= 4 is 48.9 Å². The second-order valence-electron chi connectivity index (χ2n) is 6.88. The normalized spacial score (nSPS) is 13.8. The van der Waals surface area contributed by atoms with Gasteiger partial charge in [-0.2, -0.15) is 0 Å². The Labute approximate surface area is 182 Å². The first-order valence-electron chi connectivity index (χ1n) is 9.14. The molecule has 0 bridgehead atoms. The van der Waals surface area contributed by atoms with Crippen LogP contribution in [0.3, 0.4) is 0 Å². The molecule has 150 valence electrons. The quantitative estimate of drug-likeness (QED) is 0.499. The molecule has 0 saturated heterocycles.